The molecule has 0 spiro atoms. The molecule has 0 radical (unpaired) electrons. The van der Waals surface area contributed by atoms with Crippen molar-refractivity contribution in [2.45, 2.75) is 37.5 Å². The van der Waals surface area contributed by atoms with Crippen LogP contribution in [0.1, 0.15) is 30.4 Å². The zero-order valence-corrected chi connectivity index (χ0v) is 16.5. The van der Waals surface area contributed by atoms with E-state index in [4.69, 9.17) is 4.74 Å². The number of amides is 1. The summed E-state index contributed by atoms with van der Waals surface area (Å²) in [6.45, 7) is 0.296. The van der Waals surface area contributed by atoms with Gasteiger partial charge in [0, 0.05) is 23.5 Å². The molecular formula is C23H20F4N2O2. The molecule has 3 saturated carbocycles. The van der Waals surface area contributed by atoms with Crippen molar-refractivity contribution in [3.05, 3.63) is 59.8 Å². The molecule has 0 unspecified atom stereocenters. The molecule has 2 N–H and O–H groups in total. The van der Waals surface area contributed by atoms with Crippen molar-refractivity contribution in [1.82, 2.24) is 4.98 Å². The third kappa shape index (κ3) is 3.54. The van der Waals surface area contributed by atoms with Crippen LogP contribution < -0.4 is 10.1 Å². The highest BCUT2D eigenvalue weighted by molar-refractivity contribution is 6.05. The molecule has 3 fully saturated rings. The van der Waals surface area contributed by atoms with Crippen molar-refractivity contribution >= 4 is 22.5 Å². The smallest absolute Gasteiger partial charge is 0.416 e. The van der Waals surface area contributed by atoms with Gasteiger partial charge in [0.05, 0.1) is 23.3 Å². The Morgan fingerprint density at radius 2 is 1.81 bits per heavy atom. The topological polar surface area (TPSA) is 54.1 Å². The number of benzene rings is 2. The zero-order valence-electron chi connectivity index (χ0n) is 16.5. The van der Waals surface area contributed by atoms with E-state index in [1.54, 1.807) is 6.20 Å². The molecule has 31 heavy (non-hydrogen) atoms. The predicted octanol–water partition coefficient (Wildman–Crippen LogP) is 5.64. The van der Waals surface area contributed by atoms with E-state index in [9.17, 15) is 22.4 Å². The van der Waals surface area contributed by atoms with Gasteiger partial charge >= 0.3 is 6.18 Å². The second kappa shape index (κ2) is 6.73. The number of halogens is 4. The molecule has 3 aliphatic carbocycles. The number of hydrogen-bond acceptors (Lipinski definition) is 2. The standard InChI is InChI=1S/C23H20F4N2O2/c24-22-11-21(12-22,13-22)20(30)29-19-10-28-18-6-1-14(9-17(18)19)7-8-31-16-4-2-15(3-5-16)23(25,26)27/h1-6,9-10,28H,7-8,11-13H2,(H,29,30). The molecule has 1 aromatic heterocycles. The fourth-order valence-electron chi connectivity index (χ4n) is 4.61. The van der Waals surface area contributed by atoms with E-state index < -0.39 is 22.8 Å². The molecule has 3 aliphatic rings. The Hall–Kier alpha value is -3.03. The maximum absolute atomic E-state index is 13.7. The molecule has 3 aromatic rings. The minimum atomic E-state index is -4.37. The molecule has 8 heteroatoms. The van der Waals surface area contributed by atoms with E-state index >= 15 is 0 Å². The fourth-order valence-corrected chi connectivity index (χ4v) is 4.61. The fraction of sp³-hybridized carbons (Fsp3) is 0.348. The van der Waals surface area contributed by atoms with E-state index in [0.29, 0.717) is 43.7 Å². The third-order valence-corrected chi connectivity index (χ3v) is 6.28. The van der Waals surface area contributed by atoms with E-state index in [1.165, 1.54) is 12.1 Å². The number of hydrogen-bond donors (Lipinski definition) is 2. The Morgan fingerprint density at radius 1 is 1.10 bits per heavy atom. The number of carbonyl (C=O) groups is 1. The molecule has 1 heterocycles. The molecule has 0 aliphatic heterocycles. The highest BCUT2D eigenvalue weighted by atomic mass is 19.4. The van der Waals surface area contributed by atoms with E-state index in [-0.39, 0.29) is 5.91 Å². The number of rotatable bonds is 6. The van der Waals surface area contributed by atoms with Crippen molar-refractivity contribution in [3.63, 3.8) is 0 Å². The average Bonchev–Trinajstić information content (AvgIpc) is 3.06. The number of aromatic nitrogens is 1. The van der Waals surface area contributed by atoms with Gasteiger partial charge in [-0.1, -0.05) is 6.07 Å². The van der Waals surface area contributed by atoms with Crippen molar-refractivity contribution < 1.29 is 27.1 Å². The predicted molar refractivity (Wildman–Crippen MR) is 108 cm³/mol. The molecule has 162 valence electrons. The summed E-state index contributed by atoms with van der Waals surface area (Å²) in [6.07, 6.45) is -1.18. The Bertz CT molecular complexity index is 1130. The van der Waals surface area contributed by atoms with Crippen LogP contribution in [0.25, 0.3) is 10.9 Å². The Labute approximate surface area is 175 Å². The van der Waals surface area contributed by atoms with Crippen LogP contribution in [0, 0.1) is 5.41 Å². The number of carbonyl (C=O) groups excluding carboxylic acids is 1. The highest BCUT2D eigenvalue weighted by Crippen LogP contribution is 2.69. The van der Waals surface area contributed by atoms with Gasteiger partial charge in [-0.3, -0.25) is 4.79 Å². The monoisotopic (exact) mass is 432 g/mol. The average molecular weight is 432 g/mol. The Balaban J connectivity index is 1.22. The van der Waals surface area contributed by atoms with Crippen LogP contribution >= 0.6 is 0 Å². The van der Waals surface area contributed by atoms with Crippen molar-refractivity contribution in [2.24, 2.45) is 5.41 Å². The minimum Gasteiger partial charge on any atom is -0.493 e. The lowest BCUT2D eigenvalue weighted by Gasteiger charge is -2.64. The minimum absolute atomic E-state index is 0.135. The number of ether oxygens (including phenoxy) is 1. The molecular weight excluding hydrogens is 412 g/mol. The first-order valence-electron chi connectivity index (χ1n) is 10.1. The first kappa shape index (κ1) is 19.9. The van der Waals surface area contributed by atoms with Crippen LogP contribution in [0.3, 0.4) is 0 Å². The first-order chi connectivity index (χ1) is 14.7. The van der Waals surface area contributed by atoms with Crippen LogP contribution in [0.5, 0.6) is 5.75 Å². The molecule has 1 amide bonds. The van der Waals surface area contributed by atoms with E-state index in [2.05, 4.69) is 10.3 Å². The van der Waals surface area contributed by atoms with Gasteiger partial charge in [-0.25, -0.2) is 4.39 Å². The third-order valence-electron chi connectivity index (χ3n) is 6.28. The second-order valence-corrected chi connectivity index (χ2v) is 8.62. The van der Waals surface area contributed by atoms with Crippen molar-refractivity contribution in [2.75, 3.05) is 11.9 Å². The summed E-state index contributed by atoms with van der Waals surface area (Å²) in [5.41, 5.74) is 0.0875. The molecule has 6 rings (SSSR count). The largest absolute Gasteiger partial charge is 0.493 e. The van der Waals surface area contributed by atoms with Gasteiger partial charge < -0.3 is 15.0 Å². The number of alkyl halides is 4. The zero-order chi connectivity index (χ0) is 21.9. The van der Waals surface area contributed by atoms with Gasteiger partial charge in [0.1, 0.15) is 11.4 Å². The molecule has 4 nitrogen and oxygen atoms in total. The van der Waals surface area contributed by atoms with E-state index in [0.717, 1.165) is 28.6 Å². The molecule has 2 bridgehead atoms. The summed E-state index contributed by atoms with van der Waals surface area (Å²) in [4.78, 5) is 15.7. The van der Waals surface area contributed by atoms with Crippen LogP contribution in [0.4, 0.5) is 23.2 Å². The summed E-state index contributed by atoms with van der Waals surface area (Å²) in [6, 6.07) is 10.4. The van der Waals surface area contributed by atoms with Crippen LogP contribution in [-0.2, 0) is 17.4 Å². The van der Waals surface area contributed by atoms with Crippen LogP contribution in [0.15, 0.2) is 48.7 Å². The van der Waals surface area contributed by atoms with Gasteiger partial charge in [-0.05, 0) is 61.2 Å². The highest BCUT2D eigenvalue weighted by Gasteiger charge is 2.72. The quantitative estimate of drug-likeness (QED) is 0.496. The van der Waals surface area contributed by atoms with Crippen molar-refractivity contribution in [1.29, 1.82) is 0 Å². The van der Waals surface area contributed by atoms with Crippen LogP contribution in [0.2, 0.25) is 0 Å². The number of nitrogens with one attached hydrogen (secondary N) is 2. The Kier molecular flexibility index (Phi) is 4.32. The Morgan fingerprint density at radius 3 is 2.45 bits per heavy atom. The SMILES string of the molecule is O=C(Nc1c[nH]c2ccc(CCOc3ccc(C(F)(F)F)cc3)cc12)C12CC(F)(C1)C2. The number of fused-ring (bicyclic) bond motifs is 1. The summed E-state index contributed by atoms with van der Waals surface area (Å²) >= 11 is 0. The number of aromatic amines is 1. The maximum atomic E-state index is 13.7. The molecule has 2 aromatic carbocycles. The lowest BCUT2D eigenvalue weighted by atomic mass is 9.42. The molecule has 0 atom stereocenters. The van der Waals surface area contributed by atoms with Gasteiger partial charge in [0.15, 0.2) is 0 Å². The summed E-state index contributed by atoms with van der Waals surface area (Å²) < 4.78 is 57.2. The summed E-state index contributed by atoms with van der Waals surface area (Å²) in [7, 11) is 0. The second-order valence-electron chi connectivity index (χ2n) is 8.62. The van der Waals surface area contributed by atoms with Gasteiger partial charge in [-0.15, -0.1) is 0 Å². The lowest BCUT2D eigenvalue weighted by molar-refractivity contribution is -0.209. The lowest BCUT2D eigenvalue weighted by Crippen LogP contribution is -2.68. The first-order valence-corrected chi connectivity index (χ1v) is 10.1. The normalized spacial score (nSPS) is 24.4. The summed E-state index contributed by atoms with van der Waals surface area (Å²) in [5, 5.41) is 3.78. The van der Waals surface area contributed by atoms with Gasteiger partial charge in [-0.2, -0.15) is 13.2 Å². The van der Waals surface area contributed by atoms with Crippen LogP contribution in [-0.4, -0.2) is 23.2 Å². The number of H-pyrrole nitrogens is 1. The van der Waals surface area contributed by atoms with Crippen molar-refractivity contribution in [3.8, 4) is 5.75 Å². The summed E-state index contributed by atoms with van der Waals surface area (Å²) in [5.74, 6) is 0.233. The van der Waals surface area contributed by atoms with Gasteiger partial charge in [0.2, 0.25) is 5.91 Å². The maximum Gasteiger partial charge on any atom is 0.416 e. The van der Waals surface area contributed by atoms with E-state index in [1.807, 2.05) is 18.2 Å². The molecule has 0 saturated heterocycles. The number of anilines is 1. The van der Waals surface area contributed by atoms with Gasteiger partial charge in [0.25, 0.3) is 0 Å².